The molecule has 0 radical (unpaired) electrons. The molecule has 2 nitrogen and oxygen atoms in total. The van der Waals surface area contributed by atoms with Crippen molar-refractivity contribution in [3.63, 3.8) is 0 Å². The molecule has 0 bridgehead atoms. The number of hydrogen-bond donors (Lipinski definition) is 1. The molecule has 3 rings (SSSR count). The molecule has 1 N–H and O–H groups in total. The minimum atomic E-state index is 0.899. The summed E-state index contributed by atoms with van der Waals surface area (Å²) in [6.07, 6.45) is 0.998. The summed E-state index contributed by atoms with van der Waals surface area (Å²) in [4.78, 5) is 4.85. The van der Waals surface area contributed by atoms with E-state index in [2.05, 4.69) is 61.6 Å². The minimum absolute atomic E-state index is 0.899. The number of fused-ring (bicyclic) bond motifs is 3. The van der Waals surface area contributed by atoms with E-state index in [4.69, 9.17) is 4.98 Å². The Morgan fingerprint density at radius 3 is 2.58 bits per heavy atom. The molecule has 0 amide bonds. The van der Waals surface area contributed by atoms with Gasteiger partial charge in [-0.2, -0.15) is 0 Å². The van der Waals surface area contributed by atoms with Crippen molar-refractivity contribution < 1.29 is 0 Å². The molecule has 0 unspecified atom stereocenters. The van der Waals surface area contributed by atoms with Gasteiger partial charge in [-0.3, -0.25) is 0 Å². The second-order valence-corrected chi connectivity index (χ2v) is 4.74. The molecule has 0 fully saturated rings. The lowest BCUT2D eigenvalue weighted by molar-refractivity contribution is 1.09. The van der Waals surface area contributed by atoms with Gasteiger partial charge in [0.1, 0.15) is 5.82 Å². The van der Waals surface area contributed by atoms with Crippen molar-refractivity contribution in [2.75, 3.05) is 11.9 Å². The summed E-state index contributed by atoms with van der Waals surface area (Å²) in [6, 6.07) is 15.0. The average Bonchev–Trinajstić information content (AvgIpc) is 2.47. The average molecular weight is 250 g/mol. The lowest BCUT2D eigenvalue weighted by Gasteiger charge is -2.11. The maximum atomic E-state index is 4.85. The van der Waals surface area contributed by atoms with Crippen LogP contribution >= 0.6 is 0 Å². The van der Waals surface area contributed by atoms with Crippen LogP contribution < -0.4 is 5.32 Å². The molecule has 1 heterocycles. The van der Waals surface area contributed by atoms with Gasteiger partial charge < -0.3 is 5.32 Å². The number of hydrogen-bond acceptors (Lipinski definition) is 2. The molecule has 2 heteroatoms. The minimum Gasteiger partial charge on any atom is -0.370 e. The molecular weight excluding hydrogens is 232 g/mol. The maximum Gasteiger partial charge on any atom is 0.129 e. The third-order valence-electron chi connectivity index (χ3n) is 3.51. The number of nitrogens with one attached hydrogen (secondary N) is 1. The molecule has 19 heavy (non-hydrogen) atoms. The third-order valence-corrected chi connectivity index (χ3v) is 3.51. The number of nitrogens with zero attached hydrogens (tertiary/aromatic N) is 1. The maximum absolute atomic E-state index is 4.85. The molecule has 0 aliphatic heterocycles. The van der Waals surface area contributed by atoms with E-state index in [9.17, 15) is 0 Å². The molecule has 0 aliphatic carbocycles. The van der Waals surface area contributed by atoms with E-state index >= 15 is 0 Å². The molecule has 0 saturated carbocycles. The van der Waals surface area contributed by atoms with E-state index in [0.717, 1.165) is 24.3 Å². The first kappa shape index (κ1) is 12.0. The van der Waals surface area contributed by atoms with Gasteiger partial charge in [-0.1, -0.05) is 43.3 Å². The van der Waals surface area contributed by atoms with E-state index in [1.807, 2.05) is 0 Å². The van der Waals surface area contributed by atoms with Crippen molar-refractivity contribution >= 4 is 27.5 Å². The zero-order valence-electron chi connectivity index (χ0n) is 11.4. The second-order valence-electron chi connectivity index (χ2n) is 4.74. The van der Waals surface area contributed by atoms with E-state index < -0.39 is 0 Å². The molecule has 0 atom stereocenters. The van der Waals surface area contributed by atoms with Gasteiger partial charge in [0.05, 0.1) is 5.52 Å². The van der Waals surface area contributed by atoms with Crippen LogP contribution in [-0.4, -0.2) is 11.5 Å². The monoisotopic (exact) mass is 250 g/mol. The van der Waals surface area contributed by atoms with Gasteiger partial charge in [0.2, 0.25) is 0 Å². The predicted molar refractivity (Wildman–Crippen MR) is 82.8 cm³/mol. The Morgan fingerprint density at radius 1 is 1.00 bits per heavy atom. The van der Waals surface area contributed by atoms with Gasteiger partial charge in [-0.25, -0.2) is 4.98 Å². The highest BCUT2D eigenvalue weighted by Crippen LogP contribution is 2.27. The summed E-state index contributed by atoms with van der Waals surface area (Å²) in [5.41, 5.74) is 2.37. The number of rotatable bonds is 3. The van der Waals surface area contributed by atoms with Gasteiger partial charge >= 0.3 is 0 Å². The number of pyridine rings is 1. The highest BCUT2D eigenvalue weighted by atomic mass is 15.0. The zero-order chi connectivity index (χ0) is 13.2. The van der Waals surface area contributed by atoms with Crippen LogP contribution in [0.25, 0.3) is 21.7 Å². The van der Waals surface area contributed by atoms with E-state index in [1.165, 1.54) is 21.7 Å². The first-order valence-corrected chi connectivity index (χ1v) is 6.88. The van der Waals surface area contributed by atoms with Gasteiger partial charge in [0, 0.05) is 17.3 Å². The normalized spacial score (nSPS) is 11.1. The van der Waals surface area contributed by atoms with Crippen molar-refractivity contribution in [3.8, 4) is 0 Å². The van der Waals surface area contributed by atoms with Crippen LogP contribution in [0.15, 0.2) is 42.5 Å². The fourth-order valence-electron chi connectivity index (χ4n) is 2.54. The Morgan fingerprint density at radius 2 is 1.79 bits per heavy atom. The molecule has 2 aromatic carbocycles. The Labute approximate surface area is 113 Å². The van der Waals surface area contributed by atoms with Crippen molar-refractivity contribution in [1.29, 1.82) is 0 Å². The van der Waals surface area contributed by atoms with Crippen molar-refractivity contribution in [1.82, 2.24) is 4.98 Å². The van der Waals surface area contributed by atoms with Crippen LogP contribution in [0.1, 0.15) is 19.4 Å². The molecule has 96 valence electrons. The SMILES string of the molecule is CCNc1nc2c(ccc3ccccc32)cc1CC. The van der Waals surface area contributed by atoms with Crippen LogP contribution in [0.5, 0.6) is 0 Å². The number of anilines is 1. The van der Waals surface area contributed by atoms with E-state index in [0.29, 0.717) is 0 Å². The van der Waals surface area contributed by atoms with Crippen LogP contribution in [0, 0.1) is 0 Å². The van der Waals surface area contributed by atoms with Crippen molar-refractivity contribution in [2.24, 2.45) is 0 Å². The predicted octanol–water partition coefficient (Wildman–Crippen LogP) is 4.38. The second kappa shape index (κ2) is 4.88. The quantitative estimate of drug-likeness (QED) is 0.698. The molecule has 0 saturated heterocycles. The summed E-state index contributed by atoms with van der Waals surface area (Å²) in [5, 5.41) is 7.06. The summed E-state index contributed by atoms with van der Waals surface area (Å²) >= 11 is 0. The fraction of sp³-hybridized carbons (Fsp3) is 0.235. The van der Waals surface area contributed by atoms with Crippen LogP contribution in [0.4, 0.5) is 5.82 Å². The van der Waals surface area contributed by atoms with Crippen LogP contribution in [0.3, 0.4) is 0 Å². The standard InChI is InChI=1S/C17H18N2/c1-3-12-11-14-10-9-13-7-5-6-8-15(13)16(14)19-17(12)18-4-2/h5-11H,3-4H2,1-2H3,(H,18,19). The molecular formula is C17H18N2. The summed E-state index contributed by atoms with van der Waals surface area (Å²) in [5.74, 6) is 1.02. The molecule has 0 aliphatic rings. The number of benzene rings is 2. The summed E-state index contributed by atoms with van der Waals surface area (Å²) in [6.45, 7) is 5.18. The van der Waals surface area contributed by atoms with Gasteiger partial charge in [0.25, 0.3) is 0 Å². The van der Waals surface area contributed by atoms with Crippen molar-refractivity contribution in [3.05, 3.63) is 48.0 Å². The Kier molecular flexibility index (Phi) is 3.08. The zero-order valence-corrected chi connectivity index (χ0v) is 11.4. The Hall–Kier alpha value is -2.09. The summed E-state index contributed by atoms with van der Waals surface area (Å²) in [7, 11) is 0. The Bertz CT molecular complexity index is 732. The van der Waals surface area contributed by atoms with Gasteiger partial charge in [0.15, 0.2) is 0 Å². The van der Waals surface area contributed by atoms with Crippen LogP contribution in [0.2, 0.25) is 0 Å². The smallest absolute Gasteiger partial charge is 0.129 e. The molecule has 1 aromatic heterocycles. The number of aryl methyl sites for hydroxylation is 1. The fourth-order valence-corrected chi connectivity index (χ4v) is 2.54. The van der Waals surface area contributed by atoms with Crippen LogP contribution in [-0.2, 0) is 6.42 Å². The Balaban J connectivity index is 2.35. The van der Waals surface area contributed by atoms with Gasteiger partial charge in [-0.15, -0.1) is 0 Å². The summed E-state index contributed by atoms with van der Waals surface area (Å²) < 4.78 is 0. The van der Waals surface area contributed by atoms with E-state index in [-0.39, 0.29) is 0 Å². The lowest BCUT2D eigenvalue weighted by atomic mass is 10.0. The van der Waals surface area contributed by atoms with Gasteiger partial charge in [-0.05, 0) is 30.4 Å². The number of aromatic nitrogens is 1. The first-order chi connectivity index (χ1) is 9.33. The lowest BCUT2D eigenvalue weighted by Crippen LogP contribution is -2.03. The topological polar surface area (TPSA) is 24.9 Å². The largest absolute Gasteiger partial charge is 0.370 e. The first-order valence-electron chi connectivity index (χ1n) is 6.88. The van der Waals surface area contributed by atoms with E-state index in [1.54, 1.807) is 0 Å². The third kappa shape index (κ3) is 2.03. The van der Waals surface area contributed by atoms with Crippen molar-refractivity contribution in [2.45, 2.75) is 20.3 Å². The molecule has 0 spiro atoms. The highest BCUT2D eigenvalue weighted by Gasteiger charge is 2.07. The highest BCUT2D eigenvalue weighted by molar-refractivity contribution is 6.05. The molecule has 3 aromatic rings.